The highest BCUT2D eigenvalue weighted by molar-refractivity contribution is 6.31. The minimum absolute atomic E-state index is 0.678. The summed E-state index contributed by atoms with van der Waals surface area (Å²) in [6, 6.07) is 9.22. The molecule has 2 rings (SSSR count). The molecule has 16 heavy (non-hydrogen) atoms. The molecule has 3 N–H and O–H groups in total. The first kappa shape index (κ1) is 10.8. The summed E-state index contributed by atoms with van der Waals surface area (Å²) in [4.78, 5) is 4.17. The standard InChI is InChI=1S/C12H12ClN3/c1-8-10(13)3-2-4-11(8)16-12-7-9(14)5-6-15-12/h2-7H,1H3,(H3,14,15,16). The van der Waals surface area contributed by atoms with Crippen LogP contribution >= 0.6 is 11.6 Å². The number of nitrogen functional groups attached to an aromatic ring is 1. The lowest BCUT2D eigenvalue weighted by Crippen LogP contribution is -1.97. The molecule has 0 radical (unpaired) electrons. The van der Waals surface area contributed by atoms with Crippen molar-refractivity contribution in [1.82, 2.24) is 4.98 Å². The van der Waals surface area contributed by atoms with Crippen LogP contribution < -0.4 is 11.1 Å². The maximum Gasteiger partial charge on any atom is 0.132 e. The molecule has 0 bridgehead atoms. The molecule has 1 heterocycles. The summed E-state index contributed by atoms with van der Waals surface area (Å²) in [6.07, 6.45) is 1.66. The molecule has 4 heteroatoms. The number of nitrogens with two attached hydrogens (primary N) is 1. The molecule has 0 saturated carbocycles. The van der Waals surface area contributed by atoms with Crippen molar-refractivity contribution in [3.8, 4) is 0 Å². The molecular formula is C12H12ClN3. The van der Waals surface area contributed by atoms with Crippen molar-refractivity contribution in [2.75, 3.05) is 11.1 Å². The minimum Gasteiger partial charge on any atom is -0.399 e. The molecule has 2 aromatic rings. The van der Waals surface area contributed by atoms with Crippen molar-refractivity contribution >= 4 is 28.8 Å². The van der Waals surface area contributed by atoms with Gasteiger partial charge in [0.25, 0.3) is 0 Å². The van der Waals surface area contributed by atoms with Crippen LogP contribution in [0.5, 0.6) is 0 Å². The lowest BCUT2D eigenvalue weighted by molar-refractivity contribution is 1.30. The highest BCUT2D eigenvalue weighted by Gasteiger charge is 2.02. The van der Waals surface area contributed by atoms with Crippen molar-refractivity contribution in [2.24, 2.45) is 0 Å². The molecule has 0 aliphatic heterocycles. The Morgan fingerprint density at radius 2 is 2.12 bits per heavy atom. The van der Waals surface area contributed by atoms with Crippen LogP contribution in [0.3, 0.4) is 0 Å². The van der Waals surface area contributed by atoms with E-state index in [-0.39, 0.29) is 0 Å². The molecule has 0 fully saturated rings. The maximum atomic E-state index is 6.03. The van der Waals surface area contributed by atoms with Gasteiger partial charge in [-0.25, -0.2) is 4.98 Å². The first-order chi connectivity index (χ1) is 7.66. The van der Waals surface area contributed by atoms with Gasteiger partial charge < -0.3 is 11.1 Å². The van der Waals surface area contributed by atoms with Crippen LogP contribution in [0.1, 0.15) is 5.56 Å². The van der Waals surface area contributed by atoms with E-state index in [2.05, 4.69) is 10.3 Å². The second-order valence-electron chi connectivity index (χ2n) is 3.51. The predicted octanol–water partition coefficient (Wildman–Crippen LogP) is 3.37. The predicted molar refractivity (Wildman–Crippen MR) is 68.1 cm³/mol. The summed E-state index contributed by atoms with van der Waals surface area (Å²) in [5.41, 5.74) is 8.28. The molecular weight excluding hydrogens is 222 g/mol. The number of hydrogen-bond donors (Lipinski definition) is 2. The Balaban J connectivity index is 2.31. The lowest BCUT2D eigenvalue weighted by Gasteiger charge is -2.09. The average Bonchev–Trinajstić information content (AvgIpc) is 2.25. The monoisotopic (exact) mass is 233 g/mol. The summed E-state index contributed by atoms with van der Waals surface area (Å²) < 4.78 is 0. The molecule has 0 unspecified atom stereocenters. The molecule has 0 amide bonds. The first-order valence-corrected chi connectivity index (χ1v) is 5.28. The smallest absolute Gasteiger partial charge is 0.132 e. The van der Waals surface area contributed by atoms with E-state index < -0.39 is 0 Å². The Hall–Kier alpha value is -1.74. The Morgan fingerprint density at radius 3 is 2.88 bits per heavy atom. The highest BCUT2D eigenvalue weighted by atomic mass is 35.5. The molecule has 1 aromatic heterocycles. The van der Waals surface area contributed by atoms with E-state index in [1.54, 1.807) is 18.3 Å². The van der Waals surface area contributed by atoms with Crippen molar-refractivity contribution < 1.29 is 0 Å². The van der Waals surface area contributed by atoms with Crippen LogP contribution in [0, 0.1) is 6.92 Å². The van der Waals surface area contributed by atoms with Crippen molar-refractivity contribution in [2.45, 2.75) is 6.92 Å². The van der Waals surface area contributed by atoms with Gasteiger partial charge in [0.15, 0.2) is 0 Å². The van der Waals surface area contributed by atoms with Gasteiger partial charge in [0.05, 0.1) is 0 Å². The number of hydrogen-bond acceptors (Lipinski definition) is 3. The van der Waals surface area contributed by atoms with Gasteiger partial charge in [0, 0.05) is 28.7 Å². The molecule has 0 saturated heterocycles. The van der Waals surface area contributed by atoms with E-state index in [0.29, 0.717) is 11.5 Å². The number of aromatic nitrogens is 1. The van der Waals surface area contributed by atoms with Gasteiger partial charge in [-0.15, -0.1) is 0 Å². The van der Waals surface area contributed by atoms with Crippen molar-refractivity contribution in [3.63, 3.8) is 0 Å². The van der Waals surface area contributed by atoms with Gasteiger partial charge in [-0.1, -0.05) is 17.7 Å². The fraction of sp³-hybridized carbons (Fsp3) is 0.0833. The van der Waals surface area contributed by atoms with Gasteiger partial charge in [0.1, 0.15) is 5.82 Å². The van der Waals surface area contributed by atoms with Crippen LogP contribution in [0.25, 0.3) is 0 Å². The second kappa shape index (κ2) is 4.41. The van der Waals surface area contributed by atoms with Crippen molar-refractivity contribution in [3.05, 3.63) is 47.1 Å². The maximum absolute atomic E-state index is 6.03. The number of rotatable bonds is 2. The quantitative estimate of drug-likeness (QED) is 0.836. The average molecular weight is 234 g/mol. The first-order valence-electron chi connectivity index (χ1n) is 4.90. The highest BCUT2D eigenvalue weighted by Crippen LogP contribution is 2.25. The SMILES string of the molecule is Cc1c(Cl)cccc1Nc1cc(N)ccn1. The summed E-state index contributed by atoms with van der Waals surface area (Å²) in [5, 5.41) is 3.91. The number of nitrogens with one attached hydrogen (secondary N) is 1. The number of pyridine rings is 1. The van der Waals surface area contributed by atoms with E-state index in [9.17, 15) is 0 Å². The minimum atomic E-state index is 0.678. The van der Waals surface area contributed by atoms with E-state index in [1.807, 2.05) is 25.1 Å². The molecule has 0 atom stereocenters. The summed E-state index contributed by atoms with van der Waals surface area (Å²) in [6.45, 7) is 1.96. The van der Waals surface area contributed by atoms with Crippen LogP contribution in [0.15, 0.2) is 36.5 Å². The number of anilines is 3. The van der Waals surface area contributed by atoms with Crippen LogP contribution in [-0.4, -0.2) is 4.98 Å². The van der Waals surface area contributed by atoms with Crippen LogP contribution in [0.2, 0.25) is 5.02 Å². The second-order valence-corrected chi connectivity index (χ2v) is 3.92. The number of halogens is 1. The molecule has 82 valence electrons. The molecule has 0 aliphatic carbocycles. The molecule has 3 nitrogen and oxygen atoms in total. The largest absolute Gasteiger partial charge is 0.399 e. The van der Waals surface area contributed by atoms with Crippen molar-refractivity contribution in [1.29, 1.82) is 0 Å². The van der Waals surface area contributed by atoms with Gasteiger partial charge >= 0.3 is 0 Å². The fourth-order valence-electron chi connectivity index (χ4n) is 1.40. The Morgan fingerprint density at radius 1 is 1.31 bits per heavy atom. The van der Waals surface area contributed by atoms with Gasteiger partial charge in [-0.05, 0) is 30.7 Å². The Labute approximate surface area is 99.3 Å². The molecule has 0 spiro atoms. The fourth-order valence-corrected chi connectivity index (χ4v) is 1.57. The van der Waals surface area contributed by atoms with Gasteiger partial charge in [-0.2, -0.15) is 0 Å². The number of nitrogens with zero attached hydrogens (tertiary/aromatic N) is 1. The summed E-state index contributed by atoms with van der Waals surface area (Å²) in [7, 11) is 0. The van der Waals surface area contributed by atoms with Crippen LogP contribution in [0.4, 0.5) is 17.2 Å². The lowest BCUT2D eigenvalue weighted by atomic mass is 10.2. The topological polar surface area (TPSA) is 50.9 Å². The number of benzene rings is 1. The van der Waals surface area contributed by atoms with E-state index in [0.717, 1.165) is 16.3 Å². The molecule has 0 aliphatic rings. The Kier molecular flexibility index (Phi) is 2.97. The van der Waals surface area contributed by atoms with Crippen LogP contribution in [-0.2, 0) is 0 Å². The third-order valence-electron chi connectivity index (χ3n) is 2.31. The van der Waals surface area contributed by atoms with Gasteiger partial charge in [0.2, 0.25) is 0 Å². The van der Waals surface area contributed by atoms with E-state index in [1.165, 1.54) is 0 Å². The third kappa shape index (κ3) is 2.25. The molecule has 1 aromatic carbocycles. The third-order valence-corrected chi connectivity index (χ3v) is 2.72. The summed E-state index contributed by atoms with van der Waals surface area (Å²) in [5.74, 6) is 0.713. The van der Waals surface area contributed by atoms with Gasteiger partial charge in [-0.3, -0.25) is 0 Å². The normalized spacial score (nSPS) is 10.1. The Bertz CT molecular complexity index is 511. The zero-order valence-electron chi connectivity index (χ0n) is 8.87. The van der Waals surface area contributed by atoms with E-state index >= 15 is 0 Å². The van der Waals surface area contributed by atoms with E-state index in [4.69, 9.17) is 17.3 Å². The zero-order chi connectivity index (χ0) is 11.5. The zero-order valence-corrected chi connectivity index (χ0v) is 9.62. The summed E-state index contributed by atoms with van der Waals surface area (Å²) >= 11 is 6.03.